The normalized spacial score (nSPS) is 27.9. The average Bonchev–Trinajstić information content (AvgIpc) is 2.99. The second kappa shape index (κ2) is 5.53. The molecule has 0 unspecified atom stereocenters. The van der Waals surface area contributed by atoms with Crippen LogP contribution in [0.25, 0.3) is 5.69 Å². The maximum absolute atomic E-state index is 11.0. The highest BCUT2D eigenvalue weighted by atomic mass is 35.5. The molecule has 1 aromatic carbocycles. The molecule has 4 rings (SSSR count). The zero-order valence-electron chi connectivity index (χ0n) is 12.7. The molecule has 2 bridgehead atoms. The molecule has 1 heterocycles. The number of nitro benzene ring substituents is 1. The van der Waals surface area contributed by atoms with E-state index in [1.54, 1.807) is 0 Å². The molecular weight excluding hydrogens is 485 g/mol. The van der Waals surface area contributed by atoms with Crippen LogP contribution >= 0.6 is 69.6 Å². The fourth-order valence-corrected chi connectivity index (χ4v) is 6.22. The maximum Gasteiger partial charge on any atom is 0.271 e. The summed E-state index contributed by atoms with van der Waals surface area (Å²) in [7, 11) is 0. The van der Waals surface area contributed by atoms with Crippen molar-refractivity contribution in [1.29, 1.82) is 0 Å². The van der Waals surface area contributed by atoms with Gasteiger partial charge in [0.25, 0.3) is 5.69 Å². The molecule has 0 amide bonds. The van der Waals surface area contributed by atoms with Crippen molar-refractivity contribution in [3.63, 3.8) is 0 Å². The summed E-state index contributed by atoms with van der Waals surface area (Å²) in [6.45, 7) is 0. The Balaban J connectivity index is 2.06. The largest absolute Gasteiger partial charge is 0.494 e. The first-order valence-corrected chi connectivity index (χ1v) is 9.43. The second-order valence-corrected chi connectivity index (χ2v) is 9.25. The van der Waals surface area contributed by atoms with Crippen molar-refractivity contribution in [3.8, 4) is 17.4 Å². The third-order valence-corrected chi connectivity index (χ3v) is 8.85. The quantitative estimate of drug-likeness (QED) is 0.328. The number of alkyl halides is 4. The Kier molecular flexibility index (Phi) is 3.95. The Morgan fingerprint density at radius 3 is 1.89 bits per heavy atom. The topological polar surface area (TPSA) is 88.5 Å². The van der Waals surface area contributed by atoms with Crippen molar-refractivity contribution in [2.24, 2.45) is 0 Å². The van der Waals surface area contributed by atoms with E-state index in [1.807, 2.05) is 0 Å². The molecule has 2 aliphatic carbocycles. The van der Waals surface area contributed by atoms with Crippen LogP contribution in [0.3, 0.4) is 0 Å². The minimum Gasteiger partial charge on any atom is -0.494 e. The minimum absolute atomic E-state index is 0.0792. The highest BCUT2D eigenvalue weighted by Gasteiger charge is 2.80. The molecule has 0 saturated carbocycles. The van der Waals surface area contributed by atoms with Crippen LogP contribution in [0.4, 0.5) is 5.69 Å². The first-order chi connectivity index (χ1) is 12.4. The summed E-state index contributed by atoms with van der Waals surface area (Å²) in [5.41, 5.74) is -0.428. The van der Waals surface area contributed by atoms with Crippen LogP contribution in [0, 0.1) is 10.1 Å². The van der Waals surface area contributed by atoms with Gasteiger partial charge in [0.1, 0.15) is 9.75 Å². The Morgan fingerprint density at radius 2 is 1.44 bits per heavy atom. The molecule has 0 spiro atoms. The van der Waals surface area contributed by atoms with E-state index in [4.69, 9.17) is 69.6 Å². The number of nitrogens with zero attached hydrogens (tertiary/aromatic N) is 2. The lowest BCUT2D eigenvalue weighted by Gasteiger charge is -2.32. The number of aromatic hydroxyl groups is 2. The second-order valence-electron chi connectivity index (χ2n) is 6.03. The van der Waals surface area contributed by atoms with Crippen molar-refractivity contribution in [2.75, 3.05) is 0 Å². The fraction of sp³-hybridized carbons (Fsp3) is 0.200. The van der Waals surface area contributed by atoms with Gasteiger partial charge in [0.05, 0.1) is 31.8 Å². The lowest BCUT2D eigenvalue weighted by atomic mass is 10.00. The van der Waals surface area contributed by atoms with E-state index in [1.165, 1.54) is 18.2 Å². The van der Waals surface area contributed by atoms with Crippen LogP contribution in [-0.4, -0.2) is 24.0 Å². The Morgan fingerprint density at radius 1 is 0.963 bits per heavy atom. The average molecular weight is 491 g/mol. The van der Waals surface area contributed by atoms with Gasteiger partial charge in [0, 0.05) is 12.1 Å². The van der Waals surface area contributed by atoms with Crippen molar-refractivity contribution < 1.29 is 15.1 Å². The summed E-state index contributed by atoms with van der Waals surface area (Å²) in [6, 6.07) is 5.20. The molecule has 27 heavy (non-hydrogen) atoms. The number of allylic oxidation sites excluding steroid dienone is 2. The number of benzene rings is 1. The third-order valence-electron chi connectivity index (χ3n) is 4.77. The summed E-state index contributed by atoms with van der Waals surface area (Å²) >= 11 is 38.4. The first kappa shape index (κ1) is 19.3. The number of halogens is 6. The van der Waals surface area contributed by atoms with Gasteiger partial charge in [-0.2, -0.15) is 0 Å². The summed E-state index contributed by atoms with van der Waals surface area (Å²) in [5.74, 6) is -1.15. The van der Waals surface area contributed by atoms with Crippen LogP contribution in [0.15, 0.2) is 34.3 Å². The van der Waals surface area contributed by atoms with Crippen LogP contribution in [0.2, 0.25) is 0 Å². The van der Waals surface area contributed by atoms with Crippen LogP contribution in [0.5, 0.6) is 11.8 Å². The molecule has 0 fully saturated rings. The smallest absolute Gasteiger partial charge is 0.271 e. The van der Waals surface area contributed by atoms with Gasteiger partial charge in [-0.1, -0.05) is 52.5 Å². The molecular formula is C15H6Cl6N2O4. The van der Waals surface area contributed by atoms with E-state index in [0.717, 1.165) is 10.6 Å². The number of hydrogen-bond donors (Lipinski definition) is 2. The standard InChI is InChI=1S/C15H6Cl6N2O4/c16-9-10(17)14(19)8-7(13(9,18)15(14,20)21)11(24)22(12(8)25)5-2-1-3-6(4-5)23(26)27/h1-4,24-25H/t13-,14+. The molecule has 12 heteroatoms. The predicted molar refractivity (Wildman–Crippen MR) is 104 cm³/mol. The molecule has 0 aliphatic heterocycles. The summed E-state index contributed by atoms with van der Waals surface area (Å²) in [5, 5.41) is 32.3. The zero-order chi connectivity index (χ0) is 20.1. The Labute approximate surface area is 181 Å². The lowest BCUT2D eigenvalue weighted by molar-refractivity contribution is -0.384. The van der Waals surface area contributed by atoms with E-state index in [9.17, 15) is 20.3 Å². The zero-order valence-corrected chi connectivity index (χ0v) is 17.2. The number of non-ortho nitro benzene ring substituents is 1. The molecule has 2 N–H and O–H groups in total. The van der Waals surface area contributed by atoms with E-state index in [2.05, 4.69) is 0 Å². The SMILES string of the molecule is O=[N+]([O-])c1cccc(-n2c(O)c3c(c2O)[C@@]2(Cl)C(Cl)=C(Cl)[C@]3(Cl)C2(Cl)Cl)c1. The van der Waals surface area contributed by atoms with Crippen LogP contribution in [0.1, 0.15) is 11.1 Å². The molecule has 0 saturated heterocycles. The number of rotatable bonds is 2. The molecule has 6 nitrogen and oxygen atoms in total. The minimum atomic E-state index is -2.02. The van der Waals surface area contributed by atoms with E-state index >= 15 is 0 Å². The maximum atomic E-state index is 11.0. The Bertz CT molecular complexity index is 1030. The first-order valence-electron chi connectivity index (χ1n) is 7.16. The number of aromatic nitrogens is 1. The fourth-order valence-electron chi connectivity index (χ4n) is 3.54. The van der Waals surface area contributed by atoms with Crippen LogP contribution in [-0.2, 0) is 9.75 Å². The summed E-state index contributed by atoms with van der Waals surface area (Å²) in [4.78, 5) is 6.55. The summed E-state index contributed by atoms with van der Waals surface area (Å²) in [6.07, 6.45) is 0. The highest BCUT2D eigenvalue weighted by Crippen LogP contribution is 2.80. The van der Waals surface area contributed by atoms with Gasteiger partial charge >= 0.3 is 0 Å². The van der Waals surface area contributed by atoms with Crippen molar-refractivity contribution >= 4 is 75.3 Å². The van der Waals surface area contributed by atoms with E-state index in [0.29, 0.717) is 0 Å². The van der Waals surface area contributed by atoms with Gasteiger partial charge < -0.3 is 10.2 Å². The number of fused-ring (bicyclic) bond motifs is 5. The van der Waals surface area contributed by atoms with E-state index in [-0.39, 0.29) is 32.6 Å². The van der Waals surface area contributed by atoms with Gasteiger partial charge in [0.15, 0.2) is 4.33 Å². The molecule has 2 atom stereocenters. The number of hydrogen-bond acceptors (Lipinski definition) is 4. The van der Waals surface area contributed by atoms with Gasteiger partial charge in [-0.3, -0.25) is 14.7 Å². The molecule has 2 aromatic rings. The van der Waals surface area contributed by atoms with E-state index < -0.39 is 30.8 Å². The van der Waals surface area contributed by atoms with Crippen molar-refractivity contribution in [3.05, 3.63) is 55.6 Å². The molecule has 142 valence electrons. The lowest BCUT2D eigenvalue weighted by Crippen LogP contribution is -2.40. The van der Waals surface area contributed by atoms with Gasteiger partial charge in [-0.25, -0.2) is 0 Å². The number of nitro groups is 1. The molecule has 0 radical (unpaired) electrons. The third kappa shape index (κ3) is 1.92. The van der Waals surface area contributed by atoms with Crippen molar-refractivity contribution in [2.45, 2.75) is 14.1 Å². The predicted octanol–water partition coefficient (Wildman–Crippen LogP) is 5.56. The van der Waals surface area contributed by atoms with Crippen LogP contribution < -0.4 is 0 Å². The van der Waals surface area contributed by atoms with Gasteiger partial charge in [-0.15, -0.1) is 23.2 Å². The highest BCUT2D eigenvalue weighted by molar-refractivity contribution is 6.65. The Hall–Kier alpha value is -1.02. The van der Waals surface area contributed by atoms with Gasteiger partial charge in [-0.05, 0) is 6.07 Å². The molecule has 2 aliphatic rings. The molecule has 1 aromatic heterocycles. The van der Waals surface area contributed by atoms with Gasteiger partial charge in [0.2, 0.25) is 11.8 Å². The van der Waals surface area contributed by atoms with Crippen molar-refractivity contribution in [1.82, 2.24) is 4.57 Å². The summed E-state index contributed by atoms with van der Waals surface area (Å²) < 4.78 is -1.09. The monoisotopic (exact) mass is 488 g/mol.